The van der Waals surface area contributed by atoms with Crippen molar-refractivity contribution >= 4 is 0 Å². The van der Waals surface area contributed by atoms with Crippen LogP contribution in [0.4, 0.5) is 0 Å². The highest BCUT2D eigenvalue weighted by atomic mass is 14.8. The normalized spacial score (nSPS) is 14.3. The molecule has 1 spiro atoms. The van der Waals surface area contributed by atoms with E-state index in [1.54, 1.807) is 0 Å². The molecule has 0 aliphatic heterocycles. The van der Waals surface area contributed by atoms with Gasteiger partial charge in [-0.1, -0.05) is 135 Å². The summed E-state index contributed by atoms with van der Waals surface area (Å²) in [4.78, 5) is 14.2. The van der Waals surface area contributed by atoms with Crippen molar-refractivity contribution in [1.29, 1.82) is 0 Å². The summed E-state index contributed by atoms with van der Waals surface area (Å²) < 4.78 is 0. The molecule has 2 aliphatic carbocycles. The van der Waals surface area contributed by atoms with Gasteiger partial charge in [-0.15, -0.1) is 0 Å². The van der Waals surface area contributed by atoms with E-state index in [1.807, 2.05) is 48.8 Å². The van der Waals surface area contributed by atoms with Gasteiger partial charge in [0.2, 0.25) is 0 Å². The van der Waals surface area contributed by atoms with Crippen LogP contribution >= 0.6 is 0 Å². The van der Waals surface area contributed by atoms with Crippen LogP contribution < -0.4 is 0 Å². The molecule has 0 radical (unpaired) electrons. The van der Waals surface area contributed by atoms with Gasteiger partial charge >= 0.3 is 0 Å². The fourth-order valence-corrected chi connectivity index (χ4v) is 8.89. The number of hydrogen-bond donors (Lipinski definition) is 0. The standard InChI is InChI=1S/C49H35N3/c1-48(2)40-15-5-7-17-42(40)49(43-18-8-6-16-41(43)48)38-14-4-3-13-36(38)37-29-34(25-26-39(37)49)32-21-23-33(24-22-32)35-30-46(44-19-9-11-27-50-44)52-47(31-35)45-20-10-12-28-51-45/h3-31H,1-2H3. The maximum absolute atomic E-state index is 4.96. The van der Waals surface area contributed by atoms with Gasteiger partial charge in [0.15, 0.2) is 0 Å². The van der Waals surface area contributed by atoms with E-state index >= 15 is 0 Å². The Morgan fingerprint density at radius 3 is 1.37 bits per heavy atom. The van der Waals surface area contributed by atoms with Gasteiger partial charge in [-0.3, -0.25) is 9.97 Å². The number of benzene rings is 5. The van der Waals surface area contributed by atoms with Crippen LogP contribution in [0.25, 0.3) is 56.2 Å². The van der Waals surface area contributed by atoms with Gasteiger partial charge < -0.3 is 0 Å². The number of aromatic nitrogens is 3. The molecule has 0 saturated carbocycles. The molecule has 3 heteroatoms. The van der Waals surface area contributed by atoms with E-state index < -0.39 is 0 Å². The van der Waals surface area contributed by atoms with Crippen molar-refractivity contribution in [3.63, 3.8) is 0 Å². The van der Waals surface area contributed by atoms with E-state index in [-0.39, 0.29) is 10.8 Å². The Balaban J connectivity index is 1.10. The summed E-state index contributed by atoms with van der Waals surface area (Å²) in [5.74, 6) is 0. The quantitative estimate of drug-likeness (QED) is 0.188. The summed E-state index contributed by atoms with van der Waals surface area (Å²) in [6.45, 7) is 4.74. The monoisotopic (exact) mass is 665 g/mol. The highest BCUT2D eigenvalue weighted by Crippen LogP contribution is 2.62. The Morgan fingerprint density at radius 1 is 0.346 bits per heavy atom. The van der Waals surface area contributed by atoms with Crippen LogP contribution in [0.2, 0.25) is 0 Å². The molecular formula is C49H35N3. The number of hydrogen-bond acceptors (Lipinski definition) is 3. The van der Waals surface area contributed by atoms with Crippen molar-refractivity contribution in [2.75, 3.05) is 0 Å². The van der Waals surface area contributed by atoms with Gasteiger partial charge in [0.25, 0.3) is 0 Å². The van der Waals surface area contributed by atoms with E-state index in [9.17, 15) is 0 Å². The largest absolute Gasteiger partial charge is 0.255 e. The van der Waals surface area contributed by atoms with Gasteiger partial charge in [-0.2, -0.15) is 0 Å². The number of fused-ring (bicyclic) bond motifs is 9. The maximum atomic E-state index is 4.96. The lowest BCUT2D eigenvalue weighted by Crippen LogP contribution is -2.40. The van der Waals surface area contributed by atoms with Gasteiger partial charge in [-0.25, -0.2) is 4.98 Å². The van der Waals surface area contributed by atoms with Crippen molar-refractivity contribution in [1.82, 2.24) is 15.0 Å². The van der Waals surface area contributed by atoms with E-state index in [0.29, 0.717) is 0 Å². The maximum Gasteiger partial charge on any atom is 0.0900 e. The molecule has 5 aromatic carbocycles. The first kappa shape index (κ1) is 30.4. The van der Waals surface area contributed by atoms with Crippen LogP contribution in [-0.4, -0.2) is 15.0 Å². The van der Waals surface area contributed by atoms with Crippen LogP contribution in [0.1, 0.15) is 47.2 Å². The second kappa shape index (κ2) is 11.5. The van der Waals surface area contributed by atoms with Crippen LogP contribution in [-0.2, 0) is 10.8 Å². The third-order valence-corrected chi connectivity index (χ3v) is 11.3. The number of pyridine rings is 3. The zero-order valence-corrected chi connectivity index (χ0v) is 29.1. The number of nitrogens with zero attached hydrogens (tertiary/aromatic N) is 3. The zero-order valence-electron chi connectivity index (χ0n) is 29.1. The van der Waals surface area contributed by atoms with Crippen molar-refractivity contribution in [3.05, 3.63) is 210 Å². The Bertz CT molecular complexity index is 2530. The van der Waals surface area contributed by atoms with Crippen molar-refractivity contribution < 1.29 is 0 Å². The minimum Gasteiger partial charge on any atom is -0.255 e. The molecule has 8 aromatic rings. The second-order valence-electron chi connectivity index (χ2n) is 14.4. The molecule has 10 rings (SSSR count). The fraction of sp³-hybridized carbons (Fsp3) is 0.0816. The molecule has 0 bridgehead atoms. The summed E-state index contributed by atoms with van der Waals surface area (Å²) in [5.41, 5.74) is 18.3. The Kier molecular flexibility index (Phi) is 6.74. The van der Waals surface area contributed by atoms with Crippen LogP contribution in [0.5, 0.6) is 0 Å². The van der Waals surface area contributed by atoms with Crippen molar-refractivity contribution in [2.24, 2.45) is 0 Å². The first-order valence-corrected chi connectivity index (χ1v) is 17.9. The average molecular weight is 666 g/mol. The molecule has 0 fully saturated rings. The molecule has 3 nitrogen and oxygen atoms in total. The van der Waals surface area contributed by atoms with Crippen LogP contribution in [0.3, 0.4) is 0 Å². The number of rotatable bonds is 4. The van der Waals surface area contributed by atoms with Crippen molar-refractivity contribution in [2.45, 2.75) is 24.7 Å². The molecule has 3 aromatic heterocycles. The summed E-state index contributed by atoms with van der Waals surface area (Å²) in [7, 11) is 0. The highest BCUT2D eigenvalue weighted by molar-refractivity contribution is 5.90. The molecule has 0 unspecified atom stereocenters. The molecule has 0 atom stereocenters. The van der Waals surface area contributed by atoms with Crippen LogP contribution in [0, 0.1) is 0 Å². The summed E-state index contributed by atoms with van der Waals surface area (Å²) in [5, 5.41) is 0. The predicted octanol–water partition coefficient (Wildman–Crippen LogP) is 11.5. The SMILES string of the molecule is CC1(C)c2ccccc2C2(c3ccccc3-c3cc(-c4ccc(-c5cc(-c6ccccn6)nc(-c6ccccn6)c5)cc4)ccc32)c2ccccc21. The Hall–Kier alpha value is -6.45. The molecule has 246 valence electrons. The zero-order chi connectivity index (χ0) is 34.9. The molecule has 0 amide bonds. The lowest BCUT2D eigenvalue weighted by atomic mass is 9.55. The molecule has 2 aliphatic rings. The average Bonchev–Trinajstić information content (AvgIpc) is 3.51. The topological polar surface area (TPSA) is 38.7 Å². The molecule has 52 heavy (non-hydrogen) atoms. The Morgan fingerprint density at radius 2 is 0.808 bits per heavy atom. The smallest absolute Gasteiger partial charge is 0.0900 e. The molecule has 0 N–H and O–H groups in total. The second-order valence-corrected chi connectivity index (χ2v) is 14.4. The van der Waals surface area contributed by atoms with E-state index in [2.05, 4.69) is 151 Å². The minimum atomic E-state index is -0.380. The first-order valence-electron chi connectivity index (χ1n) is 17.9. The summed E-state index contributed by atoms with van der Waals surface area (Å²) >= 11 is 0. The summed E-state index contributed by atoms with van der Waals surface area (Å²) in [6.07, 6.45) is 3.62. The minimum absolute atomic E-state index is 0.108. The van der Waals surface area contributed by atoms with Gasteiger partial charge in [0, 0.05) is 17.8 Å². The summed E-state index contributed by atoms with van der Waals surface area (Å²) in [6, 6.07) is 59.4. The van der Waals surface area contributed by atoms with E-state index in [0.717, 1.165) is 33.9 Å². The molecule has 0 saturated heterocycles. The highest BCUT2D eigenvalue weighted by Gasteiger charge is 2.53. The van der Waals surface area contributed by atoms with Gasteiger partial charge in [-0.05, 0) is 109 Å². The van der Waals surface area contributed by atoms with E-state index in [1.165, 1.54) is 55.6 Å². The molecular weight excluding hydrogens is 631 g/mol. The molecule has 3 heterocycles. The lowest BCUT2D eigenvalue weighted by Gasteiger charge is -2.46. The fourth-order valence-electron chi connectivity index (χ4n) is 8.89. The third kappa shape index (κ3) is 4.42. The van der Waals surface area contributed by atoms with Gasteiger partial charge in [0.1, 0.15) is 0 Å². The van der Waals surface area contributed by atoms with Crippen LogP contribution in [0.15, 0.2) is 176 Å². The predicted molar refractivity (Wildman–Crippen MR) is 211 cm³/mol. The van der Waals surface area contributed by atoms with Gasteiger partial charge in [0.05, 0.1) is 28.2 Å². The third-order valence-electron chi connectivity index (χ3n) is 11.3. The lowest BCUT2D eigenvalue weighted by molar-refractivity contribution is 0.563. The Labute approximate surface area is 304 Å². The van der Waals surface area contributed by atoms with Crippen molar-refractivity contribution in [3.8, 4) is 56.2 Å². The first-order chi connectivity index (χ1) is 25.5. The van der Waals surface area contributed by atoms with E-state index in [4.69, 9.17) is 4.98 Å².